The van der Waals surface area contributed by atoms with Gasteiger partial charge in [0.25, 0.3) is 0 Å². The average molecular weight is 744 g/mol. The van der Waals surface area contributed by atoms with Crippen molar-refractivity contribution in [2.24, 2.45) is 17.8 Å². The predicted molar refractivity (Wildman–Crippen MR) is 188 cm³/mol. The molecule has 53 heavy (non-hydrogen) atoms. The summed E-state index contributed by atoms with van der Waals surface area (Å²) < 4.78 is 59.3. The first-order valence-electron chi connectivity index (χ1n) is 20.4. The highest BCUT2D eigenvalue weighted by Gasteiger charge is 2.65. The molecule has 11 saturated heterocycles. The first kappa shape index (κ1) is 37.3. The predicted octanol–water partition coefficient (Wildman–Crippen LogP) is 3.88. The van der Waals surface area contributed by atoms with Crippen molar-refractivity contribution in [1.82, 2.24) is 0 Å². The number of hydrogen-bond donors (Lipinski definition) is 2. The van der Waals surface area contributed by atoms with Gasteiger partial charge in [-0.3, -0.25) is 4.79 Å². The number of hydrogen-bond acceptors (Lipinski definition) is 12. The van der Waals surface area contributed by atoms with Crippen LogP contribution in [0.4, 0.5) is 0 Å². The normalized spacial score (nSPS) is 51.8. The Morgan fingerprint density at radius 3 is 2.47 bits per heavy atom. The van der Waals surface area contributed by atoms with Crippen LogP contribution in [-0.4, -0.2) is 127 Å². The van der Waals surface area contributed by atoms with E-state index in [0.29, 0.717) is 25.7 Å². The third-order valence-electron chi connectivity index (χ3n) is 14.0. The van der Waals surface area contributed by atoms with Gasteiger partial charge in [-0.1, -0.05) is 20.1 Å². The van der Waals surface area contributed by atoms with Crippen molar-refractivity contribution < 1.29 is 57.6 Å². The van der Waals surface area contributed by atoms with E-state index in [1.54, 1.807) is 7.11 Å². The van der Waals surface area contributed by atoms with Crippen LogP contribution in [0.2, 0.25) is 0 Å². The minimum Gasteiger partial charge on any atom is -0.394 e. The van der Waals surface area contributed by atoms with Gasteiger partial charge in [-0.15, -0.1) is 0 Å². The monoisotopic (exact) mass is 743 g/mol. The van der Waals surface area contributed by atoms with Gasteiger partial charge in [-0.2, -0.15) is 0 Å². The first-order valence-corrected chi connectivity index (χ1v) is 20.4. The average Bonchev–Trinajstić information content (AvgIpc) is 3.64. The molecule has 11 rings (SSSR count). The van der Waals surface area contributed by atoms with Gasteiger partial charge in [0.1, 0.15) is 11.9 Å². The summed E-state index contributed by atoms with van der Waals surface area (Å²) in [5, 5.41) is 20.1. The van der Waals surface area contributed by atoms with Crippen LogP contribution in [-0.2, 0) is 47.4 Å². The lowest BCUT2D eigenvalue weighted by Gasteiger charge is -2.63. The summed E-state index contributed by atoms with van der Waals surface area (Å²) in [7, 11) is 1.63. The Morgan fingerprint density at radius 1 is 0.868 bits per heavy atom. The second-order valence-electron chi connectivity index (χ2n) is 17.6. The van der Waals surface area contributed by atoms with Crippen LogP contribution in [0.1, 0.15) is 90.4 Å². The molecule has 1 spiro atoms. The first-order chi connectivity index (χ1) is 25.6. The zero-order valence-electron chi connectivity index (χ0n) is 31.3. The molecule has 12 bridgehead atoms. The van der Waals surface area contributed by atoms with Crippen molar-refractivity contribution in [2.75, 3.05) is 13.7 Å². The number of aliphatic hydroxyl groups excluding tert-OH is 2. The van der Waals surface area contributed by atoms with Crippen LogP contribution in [0.5, 0.6) is 0 Å². The number of methoxy groups -OCH3 is 1. The molecular formula is C41H59O12. The van der Waals surface area contributed by atoms with E-state index in [9.17, 15) is 15.0 Å². The number of aliphatic hydroxyl groups is 2. The van der Waals surface area contributed by atoms with Gasteiger partial charge in [0.2, 0.25) is 0 Å². The van der Waals surface area contributed by atoms with E-state index in [1.165, 1.54) is 0 Å². The largest absolute Gasteiger partial charge is 0.394 e. The van der Waals surface area contributed by atoms with Gasteiger partial charge < -0.3 is 52.8 Å². The van der Waals surface area contributed by atoms with Crippen LogP contribution in [0.25, 0.3) is 0 Å². The fourth-order valence-electron chi connectivity index (χ4n) is 11.2. The van der Waals surface area contributed by atoms with E-state index in [0.717, 1.165) is 49.7 Å². The number of rotatable bonds is 4. The van der Waals surface area contributed by atoms with Crippen LogP contribution in [0.15, 0.2) is 24.3 Å². The standard InChI is InChI=1S/C41H59O12/c1-20-11-25-5-7-29-21(2)12-27(46-29)9-10-41-18-36-37(40(51-36)53-41)33-17-35(52-41)39-30(49-33)8-6-26(48-39)13-23(43)14-28-32(16-31(47-25)22(20)3)50-34(38(28)45-4)15-24(44)19-42/h17,20,24-40,42,44H,2-3,5-16,18-19H2,1,4H3/t20-,24+,25+,26-,27?,28+,29+,30+,31-,32+,33-,34-,35-,36+,37+,38-,39+,40?,41?/m1/s1. The molecule has 11 aliphatic rings. The van der Waals surface area contributed by atoms with Crippen molar-refractivity contribution in [3.8, 4) is 0 Å². The molecule has 12 heteroatoms. The SMILES string of the molecule is C=C1CC2CCC34C[C@@H]5OC(O3)[C@H]5[C@H]3[CH][C@@H](O4)[C@H]4O[C@H](CC[C@@H]4O3)CC(=O)C[C@@H]3[C@@H](OC)[C@@H](C[C@H](O)CO)O[C@H]3C[C@H]3O[C@@H](CC[C@@H]1O2)C[C@@H](C)C3=C. The highest BCUT2D eigenvalue weighted by atomic mass is 16.8. The lowest BCUT2D eigenvalue weighted by atomic mass is 9.75. The van der Waals surface area contributed by atoms with E-state index >= 15 is 0 Å². The van der Waals surface area contributed by atoms with Crippen molar-refractivity contribution >= 4 is 5.78 Å². The number of ether oxygens (including phenoxy) is 9. The Bertz CT molecular complexity index is 1380. The molecule has 19 atom stereocenters. The maximum Gasteiger partial charge on any atom is 0.174 e. The summed E-state index contributed by atoms with van der Waals surface area (Å²) in [5.41, 5.74) is 2.17. The van der Waals surface area contributed by atoms with Crippen LogP contribution >= 0.6 is 0 Å². The Morgan fingerprint density at radius 2 is 1.68 bits per heavy atom. The van der Waals surface area contributed by atoms with Gasteiger partial charge in [0, 0.05) is 58.0 Å². The lowest BCUT2D eigenvalue weighted by Crippen LogP contribution is -2.73. The number of carbonyl (C=O) groups is 1. The number of fused-ring (bicyclic) bond motifs is 6. The van der Waals surface area contributed by atoms with Crippen molar-refractivity contribution in [2.45, 2.75) is 188 Å². The van der Waals surface area contributed by atoms with Gasteiger partial charge in [-0.05, 0) is 62.0 Å². The Kier molecular flexibility index (Phi) is 10.5. The molecule has 1 radical (unpaired) electrons. The molecule has 11 heterocycles. The van der Waals surface area contributed by atoms with Gasteiger partial charge in [0.15, 0.2) is 12.1 Å². The van der Waals surface area contributed by atoms with E-state index in [4.69, 9.17) is 42.6 Å². The third kappa shape index (κ3) is 7.15. The Balaban J connectivity index is 0.988. The summed E-state index contributed by atoms with van der Waals surface area (Å²) >= 11 is 0. The summed E-state index contributed by atoms with van der Waals surface area (Å²) in [6, 6.07) is 0. The molecule has 0 aromatic carbocycles. The molecule has 295 valence electrons. The van der Waals surface area contributed by atoms with Gasteiger partial charge >= 0.3 is 0 Å². The molecule has 11 fully saturated rings. The van der Waals surface area contributed by atoms with E-state index in [2.05, 4.69) is 26.5 Å². The van der Waals surface area contributed by atoms with Crippen molar-refractivity contribution in [3.05, 3.63) is 30.7 Å². The number of ketones is 1. The minimum absolute atomic E-state index is 0.0248. The topological polar surface area (TPSA) is 141 Å². The highest BCUT2D eigenvalue weighted by Crippen LogP contribution is 2.54. The maximum absolute atomic E-state index is 14.0. The zero-order chi connectivity index (χ0) is 36.6. The summed E-state index contributed by atoms with van der Waals surface area (Å²) in [5.74, 6) is -0.589. The molecule has 0 aromatic rings. The fourth-order valence-corrected chi connectivity index (χ4v) is 11.2. The van der Waals surface area contributed by atoms with Crippen LogP contribution < -0.4 is 0 Å². The second-order valence-corrected chi connectivity index (χ2v) is 17.6. The summed E-state index contributed by atoms with van der Waals surface area (Å²) in [4.78, 5) is 14.0. The van der Waals surface area contributed by atoms with Gasteiger partial charge in [0.05, 0.1) is 91.9 Å². The van der Waals surface area contributed by atoms with E-state index in [1.807, 2.05) is 0 Å². The van der Waals surface area contributed by atoms with Crippen molar-refractivity contribution in [1.29, 1.82) is 0 Å². The molecule has 12 nitrogen and oxygen atoms in total. The Hall–Kier alpha value is -1.29. The lowest BCUT2D eigenvalue weighted by molar-refractivity contribution is -0.476. The summed E-state index contributed by atoms with van der Waals surface area (Å²) in [6.45, 7) is 10.7. The molecule has 0 saturated carbocycles. The van der Waals surface area contributed by atoms with E-state index < -0.39 is 24.1 Å². The quantitative estimate of drug-likeness (QED) is 0.404. The minimum atomic E-state index is -0.951. The smallest absolute Gasteiger partial charge is 0.174 e. The number of Topliss-reactive ketones (excluding diaryl/α,β-unsaturated/α-hetero) is 1. The fraction of sp³-hybridized carbons (Fsp3) is 0.854. The summed E-state index contributed by atoms with van der Waals surface area (Å²) in [6.07, 6.45) is 6.42. The molecule has 3 unspecified atom stereocenters. The molecular weight excluding hydrogens is 684 g/mol. The van der Waals surface area contributed by atoms with Crippen LogP contribution in [0.3, 0.4) is 0 Å². The maximum atomic E-state index is 14.0. The third-order valence-corrected chi connectivity index (χ3v) is 14.0. The molecule has 0 aromatic heterocycles. The number of carbonyl (C=O) groups excluding carboxylic acids is 1. The van der Waals surface area contributed by atoms with Crippen molar-refractivity contribution in [3.63, 3.8) is 0 Å². The van der Waals surface area contributed by atoms with E-state index in [-0.39, 0.29) is 123 Å². The molecule has 11 aliphatic heterocycles. The molecule has 0 aliphatic carbocycles. The molecule has 2 N–H and O–H groups in total. The van der Waals surface area contributed by atoms with Gasteiger partial charge in [-0.25, -0.2) is 0 Å². The van der Waals surface area contributed by atoms with Crippen LogP contribution in [0, 0.1) is 24.2 Å². The Labute approximate surface area is 313 Å². The zero-order valence-corrected chi connectivity index (χ0v) is 31.3. The molecule has 0 amide bonds. The second kappa shape index (κ2) is 14.9. The highest BCUT2D eigenvalue weighted by molar-refractivity contribution is 5.79.